The number of aromatic nitrogens is 2. The van der Waals surface area contributed by atoms with E-state index >= 15 is 0 Å². The van der Waals surface area contributed by atoms with Gasteiger partial charge in [0.25, 0.3) is 0 Å². The van der Waals surface area contributed by atoms with Crippen LogP contribution in [0.2, 0.25) is 0 Å². The molecule has 396 valence electrons. The van der Waals surface area contributed by atoms with Crippen molar-refractivity contribution >= 4 is 64.7 Å². The molecule has 7 amide bonds. The van der Waals surface area contributed by atoms with Crippen LogP contribution in [0.1, 0.15) is 70.2 Å². The summed E-state index contributed by atoms with van der Waals surface area (Å²) in [7, 11) is 1.56. The Morgan fingerprint density at radius 3 is 1.77 bits per heavy atom. The van der Waals surface area contributed by atoms with Gasteiger partial charge < -0.3 is 63.7 Å². The van der Waals surface area contributed by atoms with E-state index in [1.807, 2.05) is 0 Å². The van der Waals surface area contributed by atoms with E-state index in [0.717, 1.165) is 0 Å². The Morgan fingerprint density at radius 2 is 1.28 bits per heavy atom. The first kappa shape index (κ1) is 58.1. The Balaban J connectivity index is 1.57. The Kier molecular flexibility index (Phi) is 22.4. The van der Waals surface area contributed by atoms with Crippen molar-refractivity contribution in [1.29, 1.82) is 10.8 Å². The number of nitrogens with zero attached hydrogens (tertiary/aromatic N) is 7. The van der Waals surface area contributed by atoms with Crippen LogP contribution < -0.4 is 48.7 Å². The van der Waals surface area contributed by atoms with Crippen LogP contribution in [0.5, 0.6) is 0 Å². The first-order valence-electron chi connectivity index (χ1n) is 24.1. The van der Waals surface area contributed by atoms with Crippen LogP contribution in [0.25, 0.3) is 9.95 Å². The van der Waals surface area contributed by atoms with Gasteiger partial charge in [-0.2, -0.15) is 0 Å². The number of amides is 7. The summed E-state index contributed by atoms with van der Waals surface area (Å²) in [6, 6.07) is 3.37. The largest absolute Gasteiger partial charge is 0.480 e. The van der Waals surface area contributed by atoms with Crippen LogP contribution in [0, 0.1) is 22.6 Å². The fourth-order valence-electron chi connectivity index (χ4n) is 8.14. The Labute approximate surface area is 427 Å². The number of aromatic amines is 1. The SMILES string of the molecule is CNCC(=O)N[C@@H](CCCN=C(N)N)C(=O)N[C@H](C(=O)N[C@@H](Cc1ccc([N+]#N)cc1)C(=O)N[C@H](C(=O)N[C@@H](Cc1cnc[nH]1)C(=O)N1CCC[C@H]1C(=O)N[C@@H](Cc1ccc([N+]#N)cc1)C(=O)O)C(C)C)C(C)C. The summed E-state index contributed by atoms with van der Waals surface area (Å²) in [5.74, 6) is -7.51. The molecule has 26 heteroatoms. The summed E-state index contributed by atoms with van der Waals surface area (Å²) < 4.78 is 0. The van der Waals surface area contributed by atoms with Gasteiger partial charge in [0.2, 0.25) is 52.1 Å². The minimum atomic E-state index is -1.38. The number of hydrogen-bond donors (Lipinski definition) is 11. The number of imidazole rings is 1. The topological polar surface area (TPSA) is 394 Å². The van der Waals surface area contributed by atoms with Crippen LogP contribution in [-0.2, 0) is 57.6 Å². The normalized spacial score (nSPS) is 15.4. The standard InChI is InChI=1S/C48H65N17O9/c1-26(2)39(61-41(67)33(57-38(66)24-53-5)8-6-18-55-48(49)50)44(70)58-34(20-28-10-14-30(63-51)15-11-28)42(68)62-40(27(3)4)45(71)59-35(22-32-23-54-25-56-32)46(72)65-19-7-9-37(65)43(69)60-36(47(73)74)21-29-12-16-31(64-52)17-13-29/h10-17,23,25-27,33-37,39-40,53H,6-9,18-22,24H2,1-5H3,(H10-2,49,50,54,55,56,57,58,59,60,61,62,66,67,68,69,70,71,73,74)/p+2/t33-,34-,35-,36-,37-,39-,40-/m0/s1. The van der Waals surface area contributed by atoms with Gasteiger partial charge in [-0.3, -0.25) is 38.6 Å². The molecule has 0 saturated carbocycles. The summed E-state index contributed by atoms with van der Waals surface area (Å²) in [4.78, 5) is 129. The van der Waals surface area contributed by atoms with Gasteiger partial charge in [-0.1, -0.05) is 52.0 Å². The van der Waals surface area contributed by atoms with E-state index in [9.17, 15) is 48.9 Å². The third-order valence-corrected chi connectivity index (χ3v) is 12.1. The van der Waals surface area contributed by atoms with Gasteiger partial charge in [0.1, 0.15) is 42.3 Å². The maximum absolute atomic E-state index is 14.5. The van der Waals surface area contributed by atoms with Crippen molar-refractivity contribution in [2.24, 2.45) is 28.3 Å². The van der Waals surface area contributed by atoms with Gasteiger partial charge in [-0.05, 0) is 55.7 Å². The number of H-pyrrole nitrogens is 1. The van der Waals surface area contributed by atoms with Crippen LogP contribution in [0.15, 0.2) is 66.0 Å². The lowest BCUT2D eigenvalue weighted by molar-refractivity contribution is -0.145. The predicted octanol–water partition coefficient (Wildman–Crippen LogP) is -0.0238. The molecule has 26 nitrogen and oxygen atoms in total. The highest BCUT2D eigenvalue weighted by atomic mass is 16.4. The minimum absolute atomic E-state index is 0.0935. The average Bonchev–Trinajstić information content (AvgIpc) is 4.08. The van der Waals surface area contributed by atoms with Gasteiger partial charge in [0.15, 0.2) is 15.9 Å². The van der Waals surface area contributed by atoms with Crippen molar-refractivity contribution in [3.05, 3.63) is 87.8 Å². The number of carbonyl (C=O) groups is 8. The molecule has 0 bridgehead atoms. The van der Waals surface area contributed by atoms with E-state index < -0.39 is 101 Å². The number of benzene rings is 2. The zero-order chi connectivity index (χ0) is 54.5. The van der Waals surface area contributed by atoms with Crippen LogP contribution in [-0.4, -0.2) is 142 Å². The molecule has 3 aromatic rings. The number of aliphatic carboxylic acids is 1. The van der Waals surface area contributed by atoms with E-state index in [0.29, 0.717) is 29.7 Å². The number of likely N-dealkylation sites (N-methyl/N-ethyl adjacent to an activating group) is 1. The van der Waals surface area contributed by atoms with Gasteiger partial charge >= 0.3 is 17.3 Å². The van der Waals surface area contributed by atoms with Crippen molar-refractivity contribution in [3.63, 3.8) is 0 Å². The highest BCUT2D eigenvalue weighted by molar-refractivity contribution is 5.98. The molecule has 13 N–H and O–H groups in total. The Bertz CT molecular complexity index is 2540. The third-order valence-electron chi connectivity index (χ3n) is 12.1. The van der Waals surface area contributed by atoms with Crippen molar-refractivity contribution in [1.82, 2.24) is 52.1 Å². The highest BCUT2D eigenvalue weighted by Gasteiger charge is 2.41. The summed E-state index contributed by atoms with van der Waals surface area (Å²) >= 11 is 0. The number of aliphatic imine (C=N–C) groups is 1. The average molecular weight is 1030 g/mol. The van der Waals surface area contributed by atoms with E-state index in [1.54, 1.807) is 59.0 Å². The van der Waals surface area contributed by atoms with Gasteiger partial charge in [0.05, 0.1) is 12.9 Å². The quantitative estimate of drug-likeness (QED) is 0.0207. The molecule has 1 aliphatic heterocycles. The van der Waals surface area contributed by atoms with E-state index in [2.05, 4.69) is 62.1 Å². The number of carboxylic acids is 1. The van der Waals surface area contributed by atoms with E-state index in [-0.39, 0.29) is 69.1 Å². The third kappa shape index (κ3) is 17.7. The van der Waals surface area contributed by atoms with Gasteiger partial charge in [-0.25, -0.2) is 9.78 Å². The van der Waals surface area contributed by atoms with Gasteiger partial charge in [-0.15, -0.1) is 0 Å². The second-order valence-corrected chi connectivity index (χ2v) is 18.5. The number of hydrogen-bond acceptors (Lipinski definition) is 13. The minimum Gasteiger partial charge on any atom is -0.480 e. The molecule has 7 atom stereocenters. The number of likely N-dealkylation sites (tertiary alicyclic amines) is 1. The Hall–Kier alpha value is -8.52. The fraction of sp³-hybridized carbons (Fsp3) is 0.500. The molecule has 1 saturated heterocycles. The van der Waals surface area contributed by atoms with Gasteiger partial charge in [0, 0.05) is 68.5 Å². The molecule has 0 unspecified atom stereocenters. The molecular weight excluding hydrogens is 959 g/mol. The number of diazo groups is 2. The van der Waals surface area contributed by atoms with Crippen molar-refractivity contribution in [3.8, 4) is 0 Å². The second-order valence-electron chi connectivity index (χ2n) is 18.5. The zero-order valence-electron chi connectivity index (χ0n) is 42.0. The number of guanidine groups is 1. The number of carboxylic acid groups (broad SMARTS) is 1. The summed E-state index contributed by atoms with van der Waals surface area (Å²) in [5.41, 5.74) is 12.9. The van der Waals surface area contributed by atoms with Crippen LogP contribution in [0.4, 0.5) is 11.4 Å². The first-order valence-corrected chi connectivity index (χ1v) is 24.1. The molecule has 0 aliphatic carbocycles. The zero-order valence-corrected chi connectivity index (χ0v) is 42.0. The number of nitrogens with two attached hydrogens (primary N) is 2. The summed E-state index contributed by atoms with van der Waals surface area (Å²) in [6.07, 6.45) is 3.48. The molecule has 1 fully saturated rings. The maximum Gasteiger partial charge on any atom is 0.385 e. The van der Waals surface area contributed by atoms with Crippen LogP contribution >= 0.6 is 0 Å². The predicted molar refractivity (Wildman–Crippen MR) is 270 cm³/mol. The van der Waals surface area contributed by atoms with Crippen molar-refractivity contribution in [2.45, 2.75) is 115 Å². The number of rotatable bonds is 27. The molecule has 2 aromatic carbocycles. The smallest absolute Gasteiger partial charge is 0.385 e. The lowest BCUT2D eigenvalue weighted by Gasteiger charge is -2.31. The lowest BCUT2D eigenvalue weighted by atomic mass is 9.98. The molecule has 0 radical (unpaired) electrons. The lowest BCUT2D eigenvalue weighted by Crippen LogP contribution is -2.61. The second kappa shape index (κ2) is 28.5. The molecular formula is C48H67N17O9+2. The van der Waals surface area contributed by atoms with E-state index in [1.165, 1.54) is 41.7 Å². The fourth-order valence-corrected chi connectivity index (χ4v) is 8.14. The molecule has 1 aromatic heterocycles. The molecule has 74 heavy (non-hydrogen) atoms. The summed E-state index contributed by atoms with van der Waals surface area (Å²) in [5, 5.41) is 47.2. The number of carbonyl (C=O) groups excluding carboxylic acids is 7. The molecule has 2 heterocycles. The molecule has 4 rings (SSSR count). The molecule has 1 aliphatic rings. The molecule has 0 spiro atoms. The monoisotopic (exact) mass is 1030 g/mol. The first-order chi connectivity index (χ1) is 35.2. The number of nitrogens with one attached hydrogen (secondary N) is 8. The van der Waals surface area contributed by atoms with E-state index in [4.69, 9.17) is 16.9 Å². The van der Waals surface area contributed by atoms with Crippen LogP contribution in [0.3, 0.4) is 0 Å². The van der Waals surface area contributed by atoms with Crippen molar-refractivity contribution in [2.75, 3.05) is 26.7 Å². The maximum atomic E-state index is 14.5. The van der Waals surface area contributed by atoms with Crippen molar-refractivity contribution < 1.29 is 43.5 Å². The Morgan fingerprint density at radius 1 is 0.743 bits per heavy atom. The highest BCUT2D eigenvalue weighted by Crippen LogP contribution is 2.22. The summed E-state index contributed by atoms with van der Waals surface area (Å²) in [6.45, 7) is 6.84.